The van der Waals surface area contributed by atoms with Crippen molar-refractivity contribution in [1.29, 1.82) is 0 Å². The summed E-state index contributed by atoms with van der Waals surface area (Å²) in [5, 5.41) is 2.72. The summed E-state index contributed by atoms with van der Waals surface area (Å²) in [6.07, 6.45) is -3.24. The van der Waals surface area contributed by atoms with E-state index in [0.29, 0.717) is 5.82 Å². The van der Waals surface area contributed by atoms with Crippen LogP contribution in [0.4, 0.5) is 19.0 Å². The molecule has 0 fully saturated rings. The Balaban J connectivity index is 3.12. The van der Waals surface area contributed by atoms with Gasteiger partial charge in [-0.15, -0.1) is 0 Å². The van der Waals surface area contributed by atoms with E-state index in [2.05, 4.69) is 10.3 Å². The van der Waals surface area contributed by atoms with E-state index in [0.717, 1.165) is 4.90 Å². The van der Waals surface area contributed by atoms with Gasteiger partial charge in [0.2, 0.25) is 0 Å². The first-order valence-corrected chi connectivity index (χ1v) is 6.24. The molecule has 0 saturated carbocycles. The van der Waals surface area contributed by atoms with Gasteiger partial charge in [-0.25, -0.2) is 4.98 Å². The number of nitrogens with zero attached hydrogens (tertiary/aromatic N) is 2. The smallest absolute Gasteiger partial charge is 0.373 e. The van der Waals surface area contributed by atoms with Crippen molar-refractivity contribution in [2.45, 2.75) is 26.1 Å². The van der Waals surface area contributed by atoms with Crippen LogP contribution in [0.5, 0.6) is 0 Å². The van der Waals surface area contributed by atoms with Gasteiger partial charge in [0.15, 0.2) is 0 Å². The van der Waals surface area contributed by atoms with Crippen LogP contribution in [0.1, 0.15) is 24.2 Å². The molecule has 1 heterocycles. The second-order valence-electron chi connectivity index (χ2n) is 4.44. The number of amides is 1. The maximum absolute atomic E-state index is 12.5. The minimum atomic E-state index is -4.47. The van der Waals surface area contributed by atoms with Crippen LogP contribution in [-0.4, -0.2) is 41.6 Å². The van der Waals surface area contributed by atoms with Gasteiger partial charge in [-0.3, -0.25) is 4.79 Å². The maximum atomic E-state index is 12.5. The van der Waals surface area contributed by atoms with E-state index in [1.54, 1.807) is 7.05 Å². The molecular formula is C12H15ClF3N3O. The predicted molar refractivity (Wildman–Crippen MR) is 71.0 cm³/mol. The molecule has 1 rings (SSSR count). The molecule has 20 heavy (non-hydrogen) atoms. The first-order valence-electron chi connectivity index (χ1n) is 5.86. The van der Waals surface area contributed by atoms with Crippen molar-refractivity contribution in [1.82, 2.24) is 9.88 Å². The second-order valence-corrected chi connectivity index (χ2v) is 4.85. The van der Waals surface area contributed by atoms with Gasteiger partial charge in [0.05, 0.1) is 10.6 Å². The Morgan fingerprint density at radius 1 is 1.50 bits per heavy atom. The van der Waals surface area contributed by atoms with E-state index in [4.69, 9.17) is 11.6 Å². The highest BCUT2D eigenvalue weighted by Crippen LogP contribution is 2.24. The standard InChI is InChI=1S/C12H15ClF3N3O/c1-7(2)19(6-12(14,15)16)11(20)8-4-10(17-3)18-5-9(8)13/h4-5,7H,6H2,1-3H3,(H,17,18). The summed E-state index contributed by atoms with van der Waals surface area (Å²) in [5.74, 6) is -0.422. The number of nitrogens with one attached hydrogen (secondary N) is 1. The summed E-state index contributed by atoms with van der Waals surface area (Å²) in [6, 6.07) is 0.725. The number of halogens is 4. The number of rotatable bonds is 4. The lowest BCUT2D eigenvalue weighted by Gasteiger charge is -2.28. The van der Waals surface area contributed by atoms with Gasteiger partial charge in [0.1, 0.15) is 12.4 Å². The molecule has 1 amide bonds. The van der Waals surface area contributed by atoms with E-state index in [1.165, 1.54) is 26.1 Å². The summed E-state index contributed by atoms with van der Waals surface area (Å²) < 4.78 is 37.6. The quantitative estimate of drug-likeness (QED) is 0.929. The fraction of sp³-hybridized carbons (Fsp3) is 0.500. The van der Waals surface area contributed by atoms with E-state index in [1.807, 2.05) is 0 Å². The third-order valence-electron chi connectivity index (χ3n) is 2.58. The van der Waals surface area contributed by atoms with E-state index < -0.39 is 24.7 Å². The molecule has 0 aliphatic rings. The zero-order chi connectivity index (χ0) is 15.5. The number of aromatic nitrogens is 1. The van der Waals surface area contributed by atoms with Gasteiger partial charge in [-0.1, -0.05) is 11.6 Å². The van der Waals surface area contributed by atoms with E-state index in [-0.39, 0.29) is 10.6 Å². The van der Waals surface area contributed by atoms with Gasteiger partial charge in [-0.05, 0) is 19.9 Å². The number of carbonyl (C=O) groups excluding carboxylic acids is 1. The fourth-order valence-electron chi connectivity index (χ4n) is 1.58. The minimum absolute atomic E-state index is 0.0102. The summed E-state index contributed by atoms with van der Waals surface area (Å²) in [4.78, 5) is 16.8. The monoisotopic (exact) mass is 309 g/mol. The summed E-state index contributed by atoms with van der Waals surface area (Å²) in [7, 11) is 1.58. The Bertz CT molecular complexity index is 491. The Hall–Kier alpha value is -1.50. The van der Waals surface area contributed by atoms with Crippen LogP contribution >= 0.6 is 11.6 Å². The molecule has 0 atom stereocenters. The van der Waals surface area contributed by atoms with Gasteiger partial charge in [0, 0.05) is 19.3 Å². The maximum Gasteiger partial charge on any atom is 0.406 e. The van der Waals surface area contributed by atoms with Crippen molar-refractivity contribution in [3.05, 3.63) is 22.8 Å². The summed E-state index contributed by atoms with van der Waals surface area (Å²) >= 11 is 5.85. The first-order chi connectivity index (χ1) is 9.15. The average Bonchev–Trinajstić information content (AvgIpc) is 2.34. The van der Waals surface area contributed by atoms with Crippen LogP contribution in [0.15, 0.2) is 12.3 Å². The molecule has 0 radical (unpaired) electrons. The minimum Gasteiger partial charge on any atom is -0.373 e. The Morgan fingerprint density at radius 3 is 2.55 bits per heavy atom. The van der Waals surface area contributed by atoms with Crippen LogP contribution in [0.25, 0.3) is 0 Å². The molecular weight excluding hydrogens is 295 g/mol. The third-order valence-corrected chi connectivity index (χ3v) is 2.88. The summed E-state index contributed by atoms with van der Waals surface area (Å²) in [5.41, 5.74) is -0.0102. The molecule has 1 N–H and O–H groups in total. The second kappa shape index (κ2) is 6.30. The zero-order valence-corrected chi connectivity index (χ0v) is 12.0. The highest BCUT2D eigenvalue weighted by atomic mass is 35.5. The molecule has 0 aromatic carbocycles. The van der Waals surface area contributed by atoms with Crippen molar-refractivity contribution in [2.24, 2.45) is 0 Å². The molecule has 0 aliphatic heterocycles. The van der Waals surface area contributed by atoms with Crippen molar-refractivity contribution < 1.29 is 18.0 Å². The highest BCUT2D eigenvalue weighted by molar-refractivity contribution is 6.33. The lowest BCUT2D eigenvalue weighted by Crippen LogP contribution is -2.43. The number of pyridine rings is 1. The topological polar surface area (TPSA) is 45.2 Å². The molecule has 4 nitrogen and oxygen atoms in total. The average molecular weight is 310 g/mol. The lowest BCUT2D eigenvalue weighted by atomic mass is 10.2. The van der Waals surface area contributed by atoms with Gasteiger partial charge < -0.3 is 10.2 Å². The number of hydrogen-bond donors (Lipinski definition) is 1. The van der Waals surface area contributed by atoms with E-state index in [9.17, 15) is 18.0 Å². The number of alkyl halides is 3. The Kier molecular flexibility index (Phi) is 5.21. The molecule has 8 heteroatoms. The number of carbonyl (C=O) groups is 1. The molecule has 0 aliphatic carbocycles. The van der Waals surface area contributed by atoms with Crippen LogP contribution in [0.3, 0.4) is 0 Å². The zero-order valence-electron chi connectivity index (χ0n) is 11.3. The number of hydrogen-bond acceptors (Lipinski definition) is 3. The predicted octanol–water partition coefficient (Wildman–Crippen LogP) is 3.19. The van der Waals surface area contributed by atoms with Crippen molar-refractivity contribution >= 4 is 23.3 Å². The molecule has 0 bridgehead atoms. The van der Waals surface area contributed by atoms with Crippen molar-refractivity contribution in [3.63, 3.8) is 0 Å². The van der Waals surface area contributed by atoms with Gasteiger partial charge in [-0.2, -0.15) is 13.2 Å². The van der Waals surface area contributed by atoms with Crippen molar-refractivity contribution in [3.8, 4) is 0 Å². The molecule has 112 valence electrons. The third kappa shape index (κ3) is 4.26. The normalized spacial score (nSPS) is 11.6. The Labute approximate surface area is 119 Å². The van der Waals surface area contributed by atoms with Gasteiger partial charge in [0.25, 0.3) is 5.91 Å². The largest absolute Gasteiger partial charge is 0.406 e. The first kappa shape index (κ1) is 16.6. The molecule has 1 aromatic rings. The molecule has 0 spiro atoms. The Morgan fingerprint density at radius 2 is 2.10 bits per heavy atom. The fourth-order valence-corrected chi connectivity index (χ4v) is 1.76. The van der Waals surface area contributed by atoms with Gasteiger partial charge >= 0.3 is 6.18 Å². The van der Waals surface area contributed by atoms with Crippen LogP contribution in [0, 0.1) is 0 Å². The number of anilines is 1. The van der Waals surface area contributed by atoms with E-state index >= 15 is 0 Å². The van der Waals surface area contributed by atoms with Crippen LogP contribution in [0.2, 0.25) is 5.02 Å². The van der Waals surface area contributed by atoms with Crippen molar-refractivity contribution in [2.75, 3.05) is 18.9 Å². The molecule has 0 unspecified atom stereocenters. The van der Waals surface area contributed by atoms with Crippen LogP contribution < -0.4 is 5.32 Å². The molecule has 0 saturated heterocycles. The lowest BCUT2D eigenvalue weighted by molar-refractivity contribution is -0.143. The highest BCUT2D eigenvalue weighted by Gasteiger charge is 2.35. The molecule has 1 aromatic heterocycles. The SMILES string of the molecule is CNc1cc(C(=O)N(CC(F)(F)F)C(C)C)c(Cl)cn1. The van der Waals surface area contributed by atoms with Crippen LogP contribution in [-0.2, 0) is 0 Å². The summed E-state index contributed by atoms with van der Waals surface area (Å²) in [6.45, 7) is 1.70.